The lowest BCUT2D eigenvalue weighted by Gasteiger charge is -2.10. The highest BCUT2D eigenvalue weighted by atomic mass is 32.1. The summed E-state index contributed by atoms with van der Waals surface area (Å²) in [6.45, 7) is 1.46. The van der Waals surface area contributed by atoms with Crippen LogP contribution >= 0.6 is 11.3 Å². The van der Waals surface area contributed by atoms with Crippen molar-refractivity contribution in [3.8, 4) is 0 Å². The highest BCUT2D eigenvalue weighted by Gasteiger charge is 2.16. The van der Waals surface area contributed by atoms with E-state index in [1.54, 1.807) is 54.6 Å². The number of aryl methyl sites for hydroxylation is 1. The molecule has 2 aromatic carbocycles. The van der Waals surface area contributed by atoms with Gasteiger partial charge in [0.2, 0.25) is 0 Å². The van der Waals surface area contributed by atoms with Gasteiger partial charge in [0, 0.05) is 16.0 Å². The largest absolute Gasteiger partial charge is 0.451 e. The molecule has 0 saturated carbocycles. The average molecular weight is 379 g/mol. The molecule has 1 amide bonds. The van der Waals surface area contributed by atoms with Crippen LogP contribution in [0.15, 0.2) is 66.7 Å². The maximum atomic E-state index is 12.7. The average Bonchev–Trinajstić information content (AvgIpc) is 3.13. The molecule has 0 unspecified atom stereocenters. The molecule has 1 N–H and O–H groups in total. The summed E-state index contributed by atoms with van der Waals surface area (Å²) in [5, 5.41) is 2.64. The van der Waals surface area contributed by atoms with E-state index in [0.717, 1.165) is 4.88 Å². The molecule has 0 aliphatic carbocycles. The molecule has 1 heterocycles. The molecule has 3 rings (SSSR count). The minimum atomic E-state index is -0.545. The number of hydrogen-bond donors (Lipinski definition) is 1. The summed E-state index contributed by atoms with van der Waals surface area (Å²) < 4.78 is 5.03. The van der Waals surface area contributed by atoms with Crippen LogP contribution < -0.4 is 5.32 Å². The Kier molecular flexibility index (Phi) is 5.78. The standard InChI is InChI=1S/C21H17NO4S/c1-14-11-12-18(27-14)21(25)26-13-19(23)22-17-10-6-5-9-16(17)20(24)15-7-3-2-4-8-15/h2-12H,13H2,1H3,(H,22,23). The number of rotatable bonds is 6. The number of ketones is 1. The van der Waals surface area contributed by atoms with Gasteiger partial charge in [-0.25, -0.2) is 4.79 Å². The number of carbonyl (C=O) groups excluding carboxylic acids is 3. The van der Waals surface area contributed by atoms with Gasteiger partial charge < -0.3 is 10.1 Å². The van der Waals surface area contributed by atoms with E-state index in [1.807, 2.05) is 19.1 Å². The lowest BCUT2D eigenvalue weighted by molar-refractivity contribution is -0.119. The lowest BCUT2D eigenvalue weighted by atomic mass is 10.0. The van der Waals surface area contributed by atoms with Crippen LogP contribution in [0, 0.1) is 6.92 Å². The quantitative estimate of drug-likeness (QED) is 0.517. The Hall–Kier alpha value is -3.25. The summed E-state index contributed by atoms with van der Waals surface area (Å²) in [6.07, 6.45) is 0. The van der Waals surface area contributed by atoms with Crippen molar-refractivity contribution in [1.82, 2.24) is 0 Å². The number of thiophene rings is 1. The van der Waals surface area contributed by atoms with Gasteiger partial charge in [-0.05, 0) is 31.2 Å². The number of para-hydroxylation sites is 1. The van der Waals surface area contributed by atoms with Gasteiger partial charge in [-0.2, -0.15) is 0 Å². The summed E-state index contributed by atoms with van der Waals surface area (Å²) >= 11 is 1.30. The first kappa shape index (κ1) is 18.5. The molecule has 5 nitrogen and oxygen atoms in total. The smallest absolute Gasteiger partial charge is 0.348 e. The molecular formula is C21H17NO4S. The summed E-state index contributed by atoms with van der Waals surface area (Å²) in [5.41, 5.74) is 1.27. The van der Waals surface area contributed by atoms with Crippen molar-refractivity contribution in [2.75, 3.05) is 11.9 Å². The minimum absolute atomic E-state index is 0.197. The maximum Gasteiger partial charge on any atom is 0.348 e. The molecule has 0 bridgehead atoms. The zero-order valence-corrected chi connectivity index (χ0v) is 15.4. The molecule has 3 aromatic rings. The fraction of sp³-hybridized carbons (Fsp3) is 0.0952. The maximum absolute atomic E-state index is 12.7. The first-order valence-electron chi connectivity index (χ1n) is 8.27. The van der Waals surface area contributed by atoms with Gasteiger partial charge in [0.25, 0.3) is 5.91 Å². The number of carbonyl (C=O) groups is 3. The Morgan fingerprint density at radius 1 is 0.926 bits per heavy atom. The molecular weight excluding hydrogens is 362 g/mol. The molecule has 27 heavy (non-hydrogen) atoms. The van der Waals surface area contributed by atoms with E-state index >= 15 is 0 Å². The molecule has 1 aromatic heterocycles. The van der Waals surface area contributed by atoms with E-state index in [4.69, 9.17) is 4.74 Å². The van der Waals surface area contributed by atoms with E-state index in [9.17, 15) is 14.4 Å². The lowest BCUT2D eigenvalue weighted by Crippen LogP contribution is -2.22. The van der Waals surface area contributed by atoms with Crippen LogP contribution in [0.4, 0.5) is 5.69 Å². The zero-order valence-electron chi connectivity index (χ0n) is 14.6. The van der Waals surface area contributed by atoms with E-state index in [2.05, 4.69) is 5.32 Å². The van der Waals surface area contributed by atoms with Crippen molar-refractivity contribution >= 4 is 34.7 Å². The predicted molar refractivity (Wildman–Crippen MR) is 104 cm³/mol. The van der Waals surface area contributed by atoms with Crippen LogP contribution in [0.1, 0.15) is 30.5 Å². The van der Waals surface area contributed by atoms with Crippen LogP contribution in [0.3, 0.4) is 0 Å². The molecule has 0 fully saturated rings. The third-order valence-corrected chi connectivity index (χ3v) is 4.74. The number of benzene rings is 2. The first-order valence-corrected chi connectivity index (χ1v) is 9.08. The molecule has 0 radical (unpaired) electrons. The first-order chi connectivity index (χ1) is 13.0. The van der Waals surface area contributed by atoms with E-state index in [0.29, 0.717) is 21.7 Å². The second kappa shape index (κ2) is 8.42. The fourth-order valence-electron chi connectivity index (χ4n) is 2.47. The summed E-state index contributed by atoms with van der Waals surface area (Å²) in [6, 6.07) is 19.0. The fourth-order valence-corrected chi connectivity index (χ4v) is 3.23. The van der Waals surface area contributed by atoms with Crippen molar-refractivity contribution < 1.29 is 19.1 Å². The Morgan fingerprint density at radius 3 is 2.33 bits per heavy atom. The van der Waals surface area contributed by atoms with Gasteiger partial charge in [-0.15, -0.1) is 11.3 Å². The number of esters is 1. The Morgan fingerprint density at radius 2 is 1.63 bits per heavy atom. The van der Waals surface area contributed by atoms with Crippen LogP contribution in [-0.2, 0) is 9.53 Å². The summed E-state index contributed by atoms with van der Waals surface area (Å²) in [5.74, 6) is -1.25. The number of amides is 1. The SMILES string of the molecule is Cc1ccc(C(=O)OCC(=O)Nc2ccccc2C(=O)c2ccccc2)s1. The van der Waals surface area contributed by atoms with E-state index in [1.165, 1.54) is 11.3 Å². The van der Waals surface area contributed by atoms with Crippen molar-refractivity contribution in [3.63, 3.8) is 0 Å². The Labute approximate surface area is 160 Å². The van der Waals surface area contributed by atoms with Gasteiger partial charge in [0.15, 0.2) is 12.4 Å². The predicted octanol–water partition coefficient (Wildman–Crippen LogP) is 4.08. The van der Waals surface area contributed by atoms with Crippen LogP contribution in [0.25, 0.3) is 0 Å². The highest BCUT2D eigenvalue weighted by molar-refractivity contribution is 7.13. The van der Waals surface area contributed by atoms with Crippen molar-refractivity contribution in [3.05, 3.63) is 87.6 Å². The normalized spacial score (nSPS) is 10.3. The van der Waals surface area contributed by atoms with Crippen LogP contribution in [0.5, 0.6) is 0 Å². The number of hydrogen-bond acceptors (Lipinski definition) is 5. The zero-order chi connectivity index (χ0) is 19.2. The van der Waals surface area contributed by atoms with Gasteiger partial charge >= 0.3 is 5.97 Å². The Balaban J connectivity index is 1.66. The van der Waals surface area contributed by atoms with Crippen molar-refractivity contribution in [2.24, 2.45) is 0 Å². The van der Waals surface area contributed by atoms with Gasteiger partial charge in [0.1, 0.15) is 4.88 Å². The third-order valence-electron chi connectivity index (χ3n) is 3.76. The van der Waals surface area contributed by atoms with Crippen LogP contribution in [-0.4, -0.2) is 24.3 Å². The molecule has 0 aliphatic heterocycles. The van der Waals surface area contributed by atoms with Crippen molar-refractivity contribution in [2.45, 2.75) is 6.92 Å². The van der Waals surface area contributed by atoms with Gasteiger partial charge in [-0.1, -0.05) is 42.5 Å². The summed E-state index contributed by atoms with van der Waals surface area (Å²) in [7, 11) is 0. The molecule has 6 heteroatoms. The Bertz CT molecular complexity index is 979. The second-order valence-corrected chi connectivity index (χ2v) is 7.06. The molecule has 0 aliphatic rings. The van der Waals surface area contributed by atoms with E-state index in [-0.39, 0.29) is 5.78 Å². The second-order valence-electron chi connectivity index (χ2n) is 5.78. The number of ether oxygens (including phenoxy) is 1. The van der Waals surface area contributed by atoms with Gasteiger partial charge in [-0.3, -0.25) is 9.59 Å². The number of anilines is 1. The molecule has 136 valence electrons. The highest BCUT2D eigenvalue weighted by Crippen LogP contribution is 2.20. The summed E-state index contributed by atoms with van der Waals surface area (Å²) in [4.78, 5) is 38.2. The third kappa shape index (κ3) is 4.68. The monoisotopic (exact) mass is 379 g/mol. The minimum Gasteiger partial charge on any atom is -0.451 e. The van der Waals surface area contributed by atoms with Crippen LogP contribution in [0.2, 0.25) is 0 Å². The van der Waals surface area contributed by atoms with Gasteiger partial charge in [0.05, 0.1) is 5.69 Å². The topological polar surface area (TPSA) is 72.5 Å². The molecule has 0 spiro atoms. The molecule has 0 atom stereocenters. The number of nitrogens with one attached hydrogen (secondary N) is 1. The van der Waals surface area contributed by atoms with E-state index < -0.39 is 18.5 Å². The van der Waals surface area contributed by atoms with Crippen molar-refractivity contribution in [1.29, 1.82) is 0 Å². The molecule has 0 saturated heterocycles.